The van der Waals surface area contributed by atoms with Crippen LogP contribution in [0.2, 0.25) is 0 Å². The first-order valence-corrected chi connectivity index (χ1v) is 8.57. The zero-order valence-electron chi connectivity index (χ0n) is 14.2. The Morgan fingerprint density at radius 1 is 1.19 bits per heavy atom. The van der Waals surface area contributed by atoms with Crippen molar-refractivity contribution < 1.29 is 4.79 Å². The van der Waals surface area contributed by atoms with Crippen LogP contribution >= 0.6 is 0 Å². The number of aromatic nitrogens is 5. The van der Waals surface area contributed by atoms with Crippen molar-refractivity contribution in [3.05, 3.63) is 49.2 Å². The number of rotatable bonds is 4. The summed E-state index contributed by atoms with van der Waals surface area (Å²) in [6.45, 7) is 1.60. The third-order valence-electron chi connectivity index (χ3n) is 4.56. The summed E-state index contributed by atoms with van der Waals surface area (Å²) in [5.41, 5.74) is 1.65. The summed E-state index contributed by atoms with van der Waals surface area (Å²) in [7, 11) is 0. The number of nitrogens with one attached hydrogen (secondary N) is 2. The third kappa shape index (κ3) is 3.53. The quantitative estimate of drug-likeness (QED) is 0.748. The van der Waals surface area contributed by atoms with E-state index in [-0.39, 0.29) is 11.8 Å². The minimum atomic E-state index is -0.00291. The highest BCUT2D eigenvalue weighted by molar-refractivity contribution is 5.93. The fraction of sp³-hybridized carbons (Fsp3) is 0.278. The van der Waals surface area contributed by atoms with Gasteiger partial charge in [-0.3, -0.25) is 14.9 Å². The second-order valence-corrected chi connectivity index (χ2v) is 6.23. The van der Waals surface area contributed by atoms with Gasteiger partial charge in [0.2, 0.25) is 5.91 Å². The molecule has 0 spiro atoms. The van der Waals surface area contributed by atoms with Gasteiger partial charge in [-0.1, -0.05) is 12.1 Å². The van der Waals surface area contributed by atoms with Gasteiger partial charge in [0.25, 0.3) is 0 Å². The fourth-order valence-corrected chi connectivity index (χ4v) is 3.16. The van der Waals surface area contributed by atoms with E-state index in [9.17, 15) is 4.79 Å². The molecule has 0 saturated carbocycles. The Morgan fingerprint density at radius 2 is 2.08 bits per heavy atom. The molecule has 0 atom stereocenters. The SMILES string of the molecule is O=C(Nc1cccc(-c2ncn[nH]2)c1)C1CCN(c2cnccn2)CC1. The highest BCUT2D eigenvalue weighted by atomic mass is 16.1. The Balaban J connectivity index is 1.37. The van der Waals surface area contributed by atoms with Gasteiger partial charge in [-0.25, -0.2) is 9.97 Å². The van der Waals surface area contributed by atoms with Gasteiger partial charge in [-0.2, -0.15) is 5.10 Å². The lowest BCUT2D eigenvalue weighted by Crippen LogP contribution is -2.38. The standard InChI is InChI=1S/C18H19N7O/c26-18(13-4-8-25(9-5-13)16-11-19-6-7-20-16)23-15-3-1-2-14(10-15)17-21-12-22-24-17/h1-3,6-7,10-13H,4-5,8-9H2,(H,23,26)(H,21,22,24). The van der Waals surface area contributed by atoms with Crippen LogP contribution in [-0.2, 0) is 4.79 Å². The average molecular weight is 349 g/mol. The van der Waals surface area contributed by atoms with Crippen LogP contribution in [0.4, 0.5) is 11.5 Å². The van der Waals surface area contributed by atoms with Gasteiger partial charge in [0.1, 0.15) is 12.1 Å². The highest BCUT2D eigenvalue weighted by Gasteiger charge is 2.25. The van der Waals surface area contributed by atoms with E-state index < -0.39 is 0 Å². The van der Waals surface area contributed by atoms with Crippen molar-refractivity contribution in [3.63, 3.8) is 0 Å². The van der Waals surface area contributed by atoms with Gasteiger partial charge >= 0.3 is 0 Å². The molecule has 3 aromatic rings. The summed E-state index contributed by atoms with van der Waals surface area (Å²) in [5.74, 6) is 1.60. The first kappa shape index (κ1) is 16.2. The molecule has 132 valence electrons. The summed E-state index contributed by atoms with van der Waals surface area (Å²) in [4.78, 5) is 27.3. The molecule has 0 bridgehead atoms. The maximum absolute atomic E-state index is 12.6. The van der Waals surface area contributed by atoms with E-state index in [4.69, 9.17) is 0 Å². The molecule has 0 unspecified atom stereocenters. The predicted octanol–water partition coefficient (Wildman–Crippen LogP) is 2.12. The topological polar surface area (TPSA) is 99.7 Å². The van der Waals surface area contributed by atoms with Gasteiger partial charge in [0.05, 0.1) is 6.20 Å². The first-order valence-electron chi connectivity index (χ1n) is 8.57. The lowest BCUT2D eigenvalue weighted by Gasteiger charge is -2.31. The molecule has 1 amide bonds. The number of hydrogen-bond donors (Lipinski definition) is 2. The molecule has 8 heteroatoms. The third-order valence-corrected chi connectivity index (χ3v) is 4.56. The summed E-state index contributed by atoms with van der Waals surface area (Å²) in [6, 6.07) is 7.60. The molecule has 1 aliphatic heterocycles. The van der Waals surface area contributed by atoms with Gasteiger partial charge in [0.15, 0.2) is 5.82 Å². The van der Waals surface area contributed by atoms with Crippen molar-refractivity contribution in [1.82, 2.24) is 25.1 Å². The van der Waals surface area contributed by atoms with Crippen molar-refractivity contribution in [1.29, 1.82) is 0 Å². The molecular weight excluding hydrogens is 330 g/mol. The molecule has 2 N–H and O–H groups in total. The maximum Gasteiger partial charge on any atom is 0.227 e. The number of nitrogens with zero attached hydrogens (tertiary/aromatic N) is 5. The van der Waals surface area contributed by atoms with Crippen LogP contribution in [0.5, 0.6) is 0 Å². The summed E-state index contributed by atoms with van der Waals surface area (Å²) in [5, 5.41) is 9.71. The Morgan fingerprint density at radius 3 is 2.81 bits per heavy atom. The Bertz CT molecular complexity index is 858. The van der Waals surface area contributed by atoms with Crippen molar-refractivity contribution in [2.75, 3.05) is 23.3 Å². The molecule has 1 fully saturated rings. The smallest absolute Gasteiger partial charge is 0.227 e. The van der Waals surface area contributed by atoms with Crippen molar-refractivity contribution in [2.45, 2.75) is 12.8 Å². The normalized spacial score (nSPS) is 15.0. The summed E-state index contributed by atoms with van der Waals surface area (Å²) >= 11 is 0. The van der Waals surface area contributed by atoms with Crippen LogP contribution < -0.4 is 10.2 Å². The van der Waals surface area contributed by atoms with Crippen LogP contribution in [0.15, 0.2) is 49.2 Å². The van der Waals surface area contributed by atoms with Crippen LogP contribution in [0.25, 0.3) is 11.4 Å². The second-order valence-electron chi connectivity index (χ2n) is 6.23. The Hall–Kier alpha value is -3.29. The minimum Gasteiger partial charge on any atom is -0.355 e. The van der Waals surface area contributed by atoms with Gasteiger partial charge in [-0.15, -0.1) is 0 Å². The number of carbonyl (C=O) groups is 1. The number of piperidine rings is 1. The van der Waals surface area contributed by atoms with Gasteiger partial charge in [-0.05, 0) is 25.0 Å². The molecule has 1 aliphatic rings. The number of H-pyrrole nitrogens is 1. The van der Waals surface area contributed by atoms with Crippen LogP contribution in [0, 0.1) is 5.92 Å². The summed E-state index contributed by atoms with van der Waals surface area (Å²) in [6.07, 6.45) is 8.17. The highest BCUT2D eigenvalue weighted by Crippen LogP contribution is 2.24. The molecule has 26 heavy (non-hydrogen) atoms. The maximum atomic E-state index is 12.6. The lowest BCUT2D eigenvalue weighted by molar-refractivity contribution is -0.120. The van der Waals surface area contributed by atoms with Crippen molar-refractivity contribution in [3.8, 4) is 11.4 Å². The number of anilines is 2. The summed E-state index contributed by atoms with van der Waals surface area (Å²) < 4.78 is 0. The molecule has 3 heterocycles. The van der Waals surface area contributed by atoms with Crippen LogP contribution in [0.3, 0.4) is 0 Å². The van der Waals surface area contributed by atoms with E-state index in [2.05, 4.69) is 35.4 Å². The largest absolute Gasteiger partial charge is 0.355 e. The Kier molecular flexibility index (Phi) is 4.55. The van der Waals surface area contributed by atoms with Crippen LogP contribution in [-0.4, -0.2) is 44.1 Å². The molecule has 0 radical (unpaired) electrons. The van der Waals surface area contributed by atoms with Crippen molar-refractivity contribution >= 4 is 17.4 Å². The Labute approximate surface area is 150 Å². The monoisotopic (exact) mass is 349 g/mol. The second kappa shape index (κ2) is 7.30. The van der Waals surface area contributed by atoms with Crippen molar-refractivity contribution in [2.24, 2.45) is 5.92 Å². The molecule has 4 rings (SSSR count). The molecule has 8 nitrogen and oxygen atoms in total. The molecule has 1 saturated heterocycles. The number of amides is 1. The van der Waals surface area contributed by atoms with E-state index in [0.29, 0.717) is 5.82 Å². The molecule has 0 aliphatic carbocycles. The van der Waals surface area contributed by atoms with Gasteiger partial charge in [0, 0.05) is 42.7 Å². The van der Waals surface area contributed by atoms with E-state index in [1.807, 2.05) is 24.3 Å². The number of benzene rings is 1. The van der Waals surface area contributed by atoms with Gasteiger partial charge < -0.3 is 10.2 Å². The molecule has 1 aromatic carbocycles. The minimum absolute atomic E-state index is 0.00291. The number of carbonyl (C=O) groups excluding carboxylic acids is 1. The number of hydrogen-bond acceptors (Lipinski definition) is 6. The van der Waals surface area contributed by atoms with E-state index >= 15 is 0 Å². The molecular formula is C18H19N7O. The zero-order valence-corrected chi connectivity index (χ0v) is 14.2. The fourth-order valence-electron chi connectivity index (χ4n) is 3.16. The van der Waals surface area contributed by atoms with E-state index in [0.717, 1.165) is 43.0 Å². The predicted molar refractivity (Wildman–Crippen MR) is 97.4 cm³/mol. The average Bonchev–Trinajstić information content (AvgIpc) is 3.24. The number of aromatic amines is 1. The van der Waals surface area contributed by atoms with Crippen LogP contribution in [0.1, 0.15) is 12.8 Å². The molecule has 2 aromatic heterocycles. The first-order chi connectivity index (χ1) is 12.8. The lowest BCUT2D eigenvalue weighted by atomic mass is 9.96. The zero-order chi connectivity index (χ0) is 17.8. The van der Waals surface area contributed by atoms with E-state index in [1.54, 1.807) is 18.6 Å². The van der Waals surface area contributed by atoms with E-state index in [1.165, 1.54) is 6.33 Å².